The maximum atomic E-state index is 12.0. The maximum absolute atomic E-state index is 12.0. The number of fused-ring (bicyclic) bond motifs is 2. The summed E-state index contributed by atoms with van der Waals surface area (Å²) in [5, 5.41) is 0. The van der Waals surface area contributed by atoms with Gasteiger partial charge in [0.15, 0.2) is 5.78 Å². The van der Waals surface area contributed by atoms with Crippen molar-refractivity contribution in [3.63, 3.8) is 0 Å². The highest BCUT2D eigenvalue weighted by Gasteiger charge is 2.30. The molecule has 1 atom stereocenters. The zero-order valence-electron chi connectivity index (χ0n) is 11.4. The van der Waals surface area contributed by atoms with E-state index in [1.54, 1.807) is 0 Å². The molecule has 2 aromatic carbocycles. The van der Waals surface area contributed by atoms with E-state index in [9.17, 15) is 4.79 Å². The van der Waals surface area contributed by atoms with Crippen molar-refractivity contribution in [1.82, 2.24) is 0 Å². The molecular formula is C18H17NO. The molecule has 1 aliphatic heterocycles. The van der Waals surface area contributed by atoms with Crippen LogP contribution in [-0.4, -0.2) is 18.9 Å². The monoisotopic (exact) mass is 263 g/mol. The largest absolute Gasteiger partial charge is 0.370 e. The van der Waals surface area contributed by atoms with E-state index in [1.807, 2.05) is 18.2 Å². The second-order valence-electron chi connectivity index (χ2n) is 5.74. The van der Waals surface area contributed by atoms with Crippen molar-refractivity contribution in [2.24, 2.45) is 0 Å². The molecule has 100 valence electrons. The third kappa shape index (κ3) is 1.75. The number of para-hydroxylation sites is 1. The minimum absolute atomic E-state index is 0.283. The molecule has 1 unspecified atom stereocenters. The van der Waals surface area contributed by atoms with Crippen LogP contribution in [0.15, 0.2) is 48.5 Å². The summed E-state index contributed by atoms with van der Waals surface area (Å²) in [4.78, 5) is 14.4. The first-order valence-electron chi connectivity index (χ1n) is 7.28. The molecule has 0 fully saturated rings. The van der Waals surface area contributed by atoms with Crippen LogP contribution in [0.25, 0.3) is 0 Å². The molecule has 0 saturated carbocycles. The van der Waals surface area contributed by atoms with Crippen molar-refractivity contribution < 1.29 is 4.79 Å². The first-order chi connectivity index (χ1) is 9.83. The van der Waals surface area contributed by atoms with E-state index in [2.05, 4.69) is 35.2 Å². The summed E-state index contributed by atoms with van der Waals surface area (Å²) in [6, 6.07) is 16.7. The normalized spacial score (nSPS) is 20.1. The average Bonchev–Trinajstić information content (AvgIpc) is 2.47. The van der Waals surface area contributed by atoms with Gasteiger partial charge in [-0.2, -0.15) is 0 Å². The number of Topliss-reactive ketones (excluding diaryl/α,β-unsaturated/α-hetero) is 1. The predicted molar refractivity (Wildman–Crippen MR) is 80.5 cm³/mol. The number of ketones is 1. The SMILES string of the molecule is O=C1CCN(CC2Cc3ccccc32)c2ccccc21. The zero-order valence-corrected chi connectivity index (χ0v) is 11.4. The Morgan fingerprint density at radius 1 is 1.05 bits per heavy atom. The van der Waals surface area contributed by atoms with E-state index in [1.165, 1.54) is 17.5 Å². The molecule has 20 heavy (non-hydrogen) atoms. The molecule has 1 aliphatic carbocycles. The minimum Gasteiger partial charge on any atom is -0.370 e. The van der Waals surface area contributed by atoms with Crippen LogP contribution in [0.2, 0.25) is 0 Å². The van der Waals surface area contributed by atoms with Gasteiger partial charge < -0.3 is 4.90 Å². The summed E-state index contributed by atoms with van der Waals surface area (Å²) in [6.45, 7) is 1.88. The van der Waals surface area contributed by atoms with Gasteiger partial charge in [-0.1, -0.05) is 36.4 Å². The average molecular weight is 263 g/mol. The lowest BCUT2D eigenvalue weighted by Crippen LogP contribution is -2.38. The van der Waals surface area contributed by atoms with E-state index in [4.69, 9.17) is 0 Å². The highest BCUT2D eigenvalue weighted by atomic mass is 16.1. The van der Waals surface area contributed by atoms with Gasteiger partial charge in [-0.05, 0) is 29.7 Å². The first-order valence-corrected chi connectivity index (χ1v) is 7.28. The Morgan fingerprint density at radius 3 is 2.75 bits per heavy atom. The topological polar surface area (TPSA) is 20.3 Å². The van der Waals surface area contributed by atoms with Gasteiger partial charge in [-0.15, -0.1) is 0 Å². The van der Waals surface area contributed by atoms with Gasteiger partial charge in [0.2, 0.25) is 0 Å². The fraction of sp³-hybridized carbons (Fsp3) is 0.278. The van der Waals surface area contributed by atoms with Crippen LogP contribution in [0, 0.1) is 0 Å². The van der Waals surface area contributed by atoms with Crippen LogP contribution >= 0.6 is 0 Å². The third-order valence-corrected chi connectivity index (χ3v) is 4.56. The molecule has 0 saturated heterocycles. The van der Waals surface area contributed by atoms with Crippen LogP contribution in [0.5, 0.6) is 0 Å². The molecular weight excluding hydrogens is 246 g/mol. The molecule has 0 bridgehead atoms. The predicted octanol–water partition coefficient (Wildman–Crippen LogP) is 3.42. The van der Waals surface area contributed by atoms with Crippen LogP contribution in [0.1, 0.15) is 33.8 Å². The molecule has 0 amide bonds. The van der Waals surface area contributed by atoms with Crippen LogP contribution < -0.4 is 4.90 Å². The Labute approximate surface area is 119 Å². The lowest BCUT2D eigenvalue weighted by Gasteiger charge is -2.38. The molecule has 0 N–H and O–H groups in total. The number of rotatable bonds is 2. The van der Waals surface area contributed by atoms with E-state index in [0.29, 0.717) is 12.3 Å². The number of nitrogens with zero attached hydrogens (tertiary/aromatic N) is 1. The molecule has 0 radical (unpaired) electrons. The van der Waals surface area contributed by atoms with Crippen molar-refractivity contribution in [3.8, 4) is 0 Å². The summed E-state index contributed by atoms with van der Waals surface area (Å²) < 4.78 is 0. The number of hydrogen-bond acceptors (Lipinski definition) is 2. The maximum Gasteiger partial charge on any atom is 0.166 e. The highest BCUT2D eigenvalue weighted by molar-refractivity contribution is 6.03. The Kier molecular flexibility index (Phi) is 2.62. The van der Waals surface area contributed by atoms with E-state index in [0.717, 1.165) is 24.3 Å². The first kappa shape index (κ1) is 11.7. The Morgan fingerprint density at radius 2 is 1.85 bits per heavy atom. The Bertz CT molecular complexity index is 677. The Hall–Kier alpha value is -2.09. The Balaban J connectivity index is 1.60. The second kappa shape index (κ2) is 4.48. The van der Waals surface area contributed by atoms with Crippen molar-refractivity contribution >= 4 is 11.5 Å². The second-order valence-corrected chi connectivity index (χ2v) is 5.74. The van der Waals surface area contributed by atoms with Crippen LogP contribution in [0.4, 0.5) is 5.69 Å². The summed E-state index contributed by atoms with van der Waals surface area (Å²) >= 11 is 0. The molecule has 1 heterocycles. The van der Waals surface area contributed by atoms with Crippen LogP contribution in [-0.2, 0) is 6.42 Å². The van der Waals surface area contributed by atoms with Crippen molar-refractivity contribution in [2.45, 2.75) is 18.8 Å². The molecule has 0 aromatic heterocycles. The number of hydrogen-bond donors (Lipinski definition) is 0. The van der Waals surface area contributed by atoms with Gasteiger partial charge in [-0.25, -0.2) is 0 Å². The molecule has 2 nitrogen and oxygen atoms in total. The van der Waals surface area contributed by atoms with Crippen molar-refractivity contribution in [2.75, 3.05) is 18.0 Å². The lowest BCUT2D eigenvalue weighted by molar-refractivity contribution is 0.0979. The number of benzene rings is 2. The van der Waals surface area contributed by atoms with Gasteiger partial charge in [0.05, 0.1) is 0 Å². The fourth-order valence-corrected chi connectivity index (χ4v) is 3.46. The molecule has 2 aliphatic rings. The zero-order chi connectivity index (χ0) is 13.5. The standard InChI is InChI=1S/C18H17NO/c20-18-9-10-19(17-8-4-3-7-16(17)18)12-14-11-13-5-1-2-6-15(13)14/h1-8,14H,9-12H2. The molecule has 0 spiro atoms. The quantitative estimate of drug-likeness (QED) is 0.827. The summed E-state index contributed by atoms with van der Waals surface area (Å²) in [7, 11) is 0. The van der Waals surface area contributed by atoms with Crippen LogP contribution in [0.3, 0.4) is 0 Å². The molecule has 4 rings (SSSR count). The van der Waals surface area contributed by atoms with Gasteiger partial charge in [0.1, 0.15) is 0 Å². The van der Waals surface area contributed by atoms with E-state index in [-0.39, 0.29) is 5.78 Å². The fourth-order valence-electron chi connectivity index (χ4n) is 3.46. The van der Waals surface area contributed by atoms with Crippen molar-refractivity contribution in [3.05, 3.63) is 65.2 Å². The van der Waals surface area contributed by atoms with Gasteiger partial charge in [0.25, 0.3) is 0 Å². The van der Waals surface area contributed by atoms with E-state index < -0.39 is 0 Å². The number of carbonyl (C=O) groups excluding carboxylic acids is 1. The van der Waals surface area contributed by atoms with E-state index >= 15 is 0 Å². The minimum atomic E-state index is 0.283. The van der Waals surface area contributed by atoms with Gasteiger partial charge in [0, 0.05) is 36.7 Å². The van der Waals surface area contributed by atoms with Crippen molar-refractivity contribution in [1.29, 1.82) is 0 Å². The summed E-state index contributed by atoms with van der Waals surface area (Å²) in [5.41, 5.74) is 4.99. The summed E-state index contributed by atoms with van der Waals surface area (Å²) in [5.74, 6) is 0.901. The lowest BCUT2D eigenvalue weighted by atomic mass is 9.77. The van der Waals surface area contributed by atoms with Gasteiger partial charge >= 0.3 is 0 Å². The third-order valence-electron chi connectivity index (χ3n) is 4.56. The summed E-state index contributed by atoms with van der Waals surface area (Å²) in [6.07, 6.45) is 1.81. The number of carbonyl (C=O) groups is 1. The molecule has 2 aromatic rings. The highest BCUT2D eigenvalue weighted by Crippen LogP contribution is 2.37. The van der Waals surface area contributed by atoms with Gasteiger partial charge in [-0.3, -0.25) is 4.79 Å². The number of anilines is 1. The molecule has 2 heteroatoms. The smallest absolute Gasteiger partial charge is 0.166 e.